The van der Waals surface area contributed by atoms with Crippen molar-refractivity contribution in [1.82, 2.24) is 9.55 Å². The third-order valence-corrected chi connectivity index (χ3v) is 6.42. The molecule has 0 radical (unpaired) electrons. The van der Waals surface area contributed by atoms with Gasteiger partial charge < -0.3 is 19.7 Å². The number of pyridine rings is 1. The molecule has 1 aromatic carbocycles. The third kappa shape index (κ3) is 4.46. The van der Waals surface area contributed by atoms with E-state index in [9.17, 15) is 9.90 Å². The molecule has 2 N–H and O–H groups in total. The molecule has 30 heavy (non-hydrogen) atoms. The number of carbonyl (C=O) groups is 1. The van der Waals surface area contributed by atoms with Crippen molar-refractivity contribution in [3.8, 4) is 11.6 Å². The summed E-state index contributed by atoms with van der Waals surface area (Å²) in [5.41, 5.74) is 3.28. The summed E-state index contributed by atoms with van der Waals surface area (Å²) < 4.78 is 7.18. The maximum Gasteiger partial charge on any atom is 0.235 e. The van der Waals surface area contributed by atoms with Crippen molar-refractivity contribution in [3.05, 3.63) is 65.4 Å². The van der Waals surface area contributed by atoms with Crippen molar-refractivity contribution in [2.24, 2.45) is 0 Å². The van der Waals surface area contributed by atoms with Crippen molar-refractivity contribution in [2.45, 2.75) is 37.3 Å². The molecule has 0 fully saturated rings. The van der Waals surface area contributed by atoms with Crippen molar-refractivity contribution in [3.63, 3.8) is 0 Å². The van der Waals surface area contributed by atoms with Crippen LogP contribution in [0.25, 0.3) is 0 Å². The summed E-state index contributed by atoms with van der Waals surface area (Å²) in [6.07, 6.45) is 5.65. The summed E-state index contributed by atoms with van der Waals surface area (Å²) in [6, 6.07) is 13.3. The Balaban J connectivity index is 1.55. The maximum absolute atomic E-state index is 12.4. The Labute approximate surface area is 180 Å². The van der Waals surface area contributed by atoms with Crippen LogP contribution in [0.5, 0.6) is 11.6 Å². The highest BCUT2D eigenvalue weighted by atomic mass is 32.2. The van der Waals surface area contributed by atoms with Crippen LogP contribution in [0.1, 0.15) is 29.5 Å². The van der Waals surface area contributed by atoms with Crippen molar-refractivity contribution in [1.29, 1.82) is 0 Å². The van der Waals surface area contributed by atoms with E-state index in [1.54, 1.807) is 19.4 Å². The number of thioether (sulfide) groups is 1. The molecule has 1 aliphatic carbocycles. The average molecular weight is 424 g/mol. The highest BCUT2D eigenvalue weighted by molar-refractivity contribution is 8.00. The first-order valence-electron chi connectivity index (χ1n) is 10.1. The van der Waals surface area contributed by atoms with Gasteiger partial charge in [-0.05, 0) is 61.1 Å². The van der Waals surface area contributed by atoms with Crippen molar-refractivity contribution < 1.29 is 14.6 Å². The van der Waals surface area contributed by atoms with E-state index >= 15 is 0 Å². The zero-order valence-electron chi connectivity index (χ0n) is 16.9. The second kappa shape index (κ2) is 9.26. The van der Waals surface area contributed by atoms with Crippen LogP contribution >= 0.6 is 11.8 Å². The van der Waals surface area contributed by atoms with Crippen LogP contribution in [-0.4, -0.2) is 33.4 Å². The van der Waals surface area contributed by atoms with Gasteiger partial charge in [-0.2, -0.15) is 0 Å². The molecule has 0 bridgehead atoms. The zero-order valence-corrected chi connectivity index (χ0v) is 17.7. The van der Waals surface area contributed by atoms with Gasteiger partial charge in [0, 0.05) is 11.8 Å². The Morgan fingerprint density at radius 1 is 1.17 bits per heavy atom. The summed E-state index contributed by atoms with van der Waals surface area (Å²) in [4.78, 5) is 16.6. The highest BCUT2D eigenvalue weighted by Crippen LogP contribution is 2.40. The van der Waals surface area contributed by atoms with Crippen LogP contribution in [-0.2, 0) is 24.2 Å². The van der Waals surface area contributed by atoms with Gasteiger partial charge >= 0.3 is 0 Å². The lowest BCUT2D eigenvalue weighted by Crippen LogP contribution is -2.15. The van der Waals surface area contributed by atoms with Gasteiger partial charge in [-0.25, -0.2) is 4.98 Å². The molecule has 0 atom stereocenters. The fourth-order valence-electron chi connectivity index (χ4n) is 3.78. The molecular weight excluding hydrogens is 398 g/mol. The topological polar surface area (TPSA) is 76.4 Å². The number of nitrogens with zero attached hydrogens (tertiary/aromatic N) is 2. The lowest BCUT2D eigenvalue weighted by atomic mass is 9.95. The number of fused-ring (bicyclic) bond motifs is 1. The van der Waals surface area contributed by atoms with Gasteiger partial charge in [-0.1, -0.05) is 30.0 Å². The summed E-state index contributed by atoms with van der Waals surface area (Å²) >= 11 is 1.48. The Morgan fingerprint density at radius 2 is 1.93 bits per heavy atom. The number of nitrogens with one attached hydrogen (secondary N) is 1. The Bertz CT molecular complexity index is 1020. The number of hydrogen-bond donors (Lipinski definition) is 2. The summed E-state index contributed by atoms with van der Waals surface area (Å²) in [5.74, 6) is 1.82. The average Bonchev–Trinajstić information content (AvgIpc) is 3.05. The quantitative estimate of drug-likeness (QED) is 0.556. The molecule has 2 aromatic heterocycles. The predicted molar refractivity (Wildman–Crippen MR) is 118 cm³/mol. The summed E-state index contributed by atoms with van der Waals surface area (Å²) in [7, 11) is 1.64. The van der Waals surface area contributed by atoms with Crippen LogP contribution < -0.4 is 10.1 Å². The van der Waals surface area contributed by atoms with Gasteiger partial charge in [0.2, 0.25) is 5.91 Å². The predicted octanol–water partition coefficient (Wildman–Crippen LogP) is 4.26. The molecule has 156 valence electrons. The van der Waals surface area contributed by atoms with E-state index in [4.69, 9.17) is 4.74 Å². The van der Waals surface area contributed by atoms with Gasteiger partial charge in [0.1, 0.15) is 11.6 Å². The monoisotopic (exact) mass is 423 g/mol. The minimum atomic E-state index is -0.111. The molecule has 1 aliphatic rings. The largest absolute Gasteiger partial charge is 0.497 e. The Hall–Kier alpha value is -2.93. The normalized spacial score (nSPS) is 13.0. The molecule has 1 amide bonds. The van der Waals surface area contributed by atoms with E-state index in [-0.39, 0.29) is 11.7 Å². The first kappa shape index (κ1) is 20.3. The minimum Gasteiger partial charge on any atom is -0.497 e. The number of aromatic hydroxyl groups is 1. The van der Waals surface area contributed by atoms with Gasteiger partial charge in [0.25, 0.3) is 0 Å². The molecule has 0 saturated carbocycles. The molecule has 0 aliphatic heterocycles. The van der Waals surface area contributed by atoms with Gasteiger partial charge in [0.15, 0.2) is 5.88 Å². The number of anilines is 1. The number of hydrogen-bond acceptors (Lipinski definition) is 5. The number of methoxy groups -OCH3 is 1. The Morgan fingerprint density at radius 3 is 2.63 bits per heavy atom. The molecular formula is C23H25N3O3S. The number of ether oxygens (including phenoxy) is 1. The van der Waals surface area contributed by atoms with E-state index in [0.717, 1.165) is 47.6 Å². The number of aromatic nitrogens is 2. The molecule has 0 spiro atoms. The summed E-state index contributed by atoms with van der Waals surface area (Å²) in [5, 5.41) is 14.7. The van der Waals surface area contributed by atoms with E-state index < -0.39 is 0 Å². The third-order valence-electron chi connectivity index (χ3n) is 5.27. The fraction of sp³-hybridized carbons (Fsp3) is 0.304. The van der Waals surface area contributed by atoms with Crippen molar-refractivity contribution in [2.75, 3.05) is 18.2 Å². The smallest absolute Gasteiger partial charge is 0.235 e. The van der Waals surface area contributed by atoms with E-state index in [2.05, 4.69) is 10.3 Å². The molecule has 3 aromatic rings. The number of rotatable bonds is 7. The Kier molecular flexibility index (Phi) is 6.28. The molecule has 0 saturated heterocycles. The summed E-state index contributed by atoms with van der Waals surface area (Å²) in [6.45, 7) is 0.549. The second-order valence-corrected chi connectivity index (χ2v) is 8.24. The van der Waals surface area contributed by atoms with Gasteiger partial charge in [0.05, 0.1) is 24.4 Å². The van der Waals surface area contributed by atoms with Gasteiger partial charge in [-0.3, -0.25) is 4.79 Å². The molecule has 6 nitrogen and oxygen atoms in total. The number of benzene rings is 1. The van der Waals surface area contributed by atoms with E-state index in [1.165, 1.54) is 17.3 Å². The van der Waals surface area contributed by atoms with Crippen LogP contribution in [0.4, 0.5) is 5.82 Å². The molecule has 2 heterocycles. The van der Waals surface area contributed by atoms with Crippen LogP contribution in [0.2, 0.25) is 0 Å². The zero-order chi connectivity index (χ0) is 20.9. The SMILES string of the molecule is COc1ccc(Cn2c(O)c3c(c2SCC(=O)Nc2ccccn2)CCCC3)cc1. The van der Waals surface area contributed by atoms with Gasteiger partial charge in [-0.15, -0.1) is 0 Å². The van der Waals surface area contributed by atoms with E-state index in [0.29, 0.717) is 18.2 Å². The standard InChI is InChI=1S/C23H25N3O3S/c1-29-17-11-9-16(10-12-17)14-26-22(28)18-6-2-3-7-19(18)23(26)30-15-21(27)25-20-8-4-5-13-24-20/h4-5,8-13,28H,2-3,6-7,14-15H2,1H3,(H,24,25,27). The first-order chi connectivity index (χ1) is 14.7. The number of carbonyl (C=O) groups excluding carboxylic acids is 1. The highest BCUT2D eigenvalue weighted by Gasteiger charge is 2.25. The molecule has 7 heteroatoms. The first-order valence-corrected chi connectivity index (χ1v) is 11.0. The van der Waals surface area contributed by atoms with Crippen molar-refractivity contribution >= 4 is 23.5 Å². The van der Waals surface area contributed by atoms with Crippen LogP contribution in [0.15, 0.2) is 53.7 Å². The molecule has 4 rings (SSSR count). The lowest BCUT2D eigenvalue weighted by molar-refractivity contribution is -0.113. The molecule has 0 unspecified atom stereocenters. The maximum atomic E-state index is 12.4. The minimum absolute atomic E-state index is 0.111. The van der Waals surface area contributed by atoms with Crippen LogP contribution in [0, 0.1) is 0 Å². The van der Waals surface area contributed by atoms with Crippen LogP contribution in [0.3, 0.4) is 0 Å². The fourth-order valence-corrected chi connectivity index (χ4v) is 4.83. The number of amides is 1. The second-order valence-electron chi connectivity index (χ2n) is 7.28. The van der Waals surface area contributed by atoms with E-state index in [1.807, 2.05) is 41.0 Å². The lowest BCUT2D eigenvalue weighted by Gasteiger charge is -2.13.